The van der Waals surface area contributed by atoms with Crippen LogP contribution >= 0.6 is 0 Å². The molecule has 25 heavy (non-hydrogen) atoms. The van der Waals surface area contributed by atoms with Crippen molar-refractivity contribution in [2.24, 2.45) is 5.10 Å². The van der Waals surface area contributed by atoms with Crippen LogP contribution < -0.4 is 10.2 Å². The van der Waals surface area contributed by atoms with Crippen LogP contribution in [0.2, 0.25) is 0 Å². The van der Waals surface area contributed by atoms with Crippen LogP contribution in [0.4, 0.5) is 0 Å². The Morgan fingerprint density at radius 2 is 2.16 bits per heavy atom. The fraction of sp³-hybridized carbons (Fsp3) is 0.111. The van der Waals surface area contributed by atoms with Gasteiger partial charge in [-0.05, 0) is 43.3 Å². The SMILES string of the molecule is CCOc1ccc(-c2cc(C(=O)NN=Cc3cccnc3)[nH]n2)cc1. The molecule has 1 amide bonds. The third-order valence-electron chi connectivity index (χ3n) is 3.35. The van der Waals surface area contributed by atoms with Crippen LogP contribution in [0, 0.1) is 0 Å². The average Bonchev–Trinajstić information content (AvgIpc) is 3.14. The summed E-state index contributed by atoms with van der Waals surface area (Å²) in [5.41, 5.74) is 5.13. The number of hydrogen-bond donors (Lipinski definition) is 2. The third kappa shape index (κ3) is 4.29. The zero-order valence-electron chi connectivity index (χ0n) is 13.6. The van der Waals surface area contributed by atoms with Gasteiger partial charge in [0.1, 0.15) is 11.4 Å². The second-order valence-electron chi connectivity index (χ2n) is 5.11. The van der Waals surface area contributed by atoms with Crippen molar-refractivity contribution in [3.05, 3.63) is 66.1 Å². The molecular weight excluding hydrogens is 318 g/mol. The number of aromatic amines is 1. The summed E-state index contributed by atoms with van der Waals surface area (Å²) in [6.45, 7) is 2.55. The first kappa shape index (κ1) is 16.4. The van der Waals surface area contributed by atoms with E-state index < -0.39 is 0 Å². The maximum Gasteiger partial charge on any atom is 0.289 e. The van der Waals surface area contributed by atoms with E-state index in [4.69, 9.17) is 4.74 Å². The number of carbonyl (C=O) groups is 1. The quantitative estimate of drug-likeness (QED) is 0.535. The summed E-state index contributed by atoms with van der Waals surface area (Å²) in [5, 5.41) is 10.8. The number of pyridine rings is 1. The van der Waals surface area contributed by atoms with E-state index in [1.165, 1.54) is 6.21 Å². The van der Waals surface area contributed by atoms with E-state index in [1.54, 1.807) is 24.5 Å². The van der Waals surface area contributed by atoms with Gasteiger partial charge in [-0.15, -0.1) is 0 Å². The molecule has 7 heteroatoms. The number of rotatable bonds is 6. The predicted molar refractivity (Wildman–Crippen MR) is 94.5 cm³/mol. The number of aromatic nitrogens is 3. The highest BCUT2D eigenvalue weighted by Crippen LogP contribution is 2.21. The van der Waals surface area contributed by atoms with Crippen LogP contribution in [0.3, 0.4) is 0 Å². The number of hydrogen-bond acceptors (Lipinski definition) is 5. The number of amides is 1. The van der Waals surface area contributed by atoms with Gasteiger partial charge in [0.25, 0.3) is 5.91 Å². The normalized spacial score (nSPS) is 10.8. The van der Waals surface area contributed by atoms with E-state index in [0.29, 0.717) is 18.0 Å². The molecule has 0 atom stereocenters. The smallest absolute Gasteiger partial charge is 0.289 e. The van der Waals surface area contributed by atoms with E-state index in [9.17, 15) is 4.79 Å². The first-order chi connectivity index (χ1) is 12.3. The van der Waals surface area contributed by atoms with Crippen molar-refractivity contribution < 1.29 is 9.53 Å². The Morgan fingerprint density at radius 1 is 1.32 bits per heavy atom. The molecule has 0 bridgehead atoms. The monoisotopic (exact) mass is 335 g/mol. The molecule has 0 saturated heterocycles. The standard InChI is InChI=1S/C18H17N5O2/c1-2-25-15-7-5-14(6-8-15)16-10-17(22-21-16)18(24)23-20-12-13-4-3-9-19-11-13/h3-12H,2H2,1H3,(H,21,22)(H,23,24). The highest BCUT2D eigenvalue weighted by Gasteiger charge is 2.10. The maximum absolute atomic E-state index is 12.1. The van der Waals surface area contributed by atoms with Crippen molar-refractivity contribution in [2.45, 2.75) is 6.92 Å². The summed E-state index contributed by atoms with van der Waals surface area (Å²) in [6, 6.07) is 12.8. The lowest BCUT2D eigenvalue weighted by Crippen LogP contribution is -2.18. The van der Waals surface area contributed by atoms with Crippen LogP contribution in [-0.4, -0.2) is 33.9 Å². The fourth-order valence-corrected chi connectivity index (χ4v) is 2.15. The molecule has 7 nitrogen and oxygen atoms in total. The van der Waals surface area contributed by atoms with E-state index in [-0.39, 0.29) is 5.91 Å². The van der Waals surface area contributed by atoms with Crippen LogP contribution in [0.5, 0.6) is 5.75 Å². The van der Waals surface area contributed by atoms with Crippen molar-refractivity contribution in [2.75, 3.05) is 6.61 Å². The maximum atomic E-state index is 12.1. The van der Waals surface area contributed by atoms with Gasteiger partial charge in [-0.1, -0.05) is 6.07 Å². The van der Waals surface area contributed by atoms with Crippen molar-refractivity contribution >= 4 is 12.1 Å². The number of benzene rings is 1. The molecule has 0 saturated carbocycles. The van der Waals surface area contributed by atoms with Crippen LogP contribution in [-0.2, 0) is 0 Å². The van der Waals surface area contributed by atoms with Gasteiger partial charge >= 0.3 is 0 Å². The average molecular weight is 335 g/mol. The highest BCUT2D eigenvalue weighted by atomic mass is 16.5. The van der Waals surface area contributed by atoms with E-state index in [0.717, 1.165) is 16.9 Å². The second kappa shape index (κ2) is 7.87. The molecule has 0 radical (unpaired) electrons. The second-order valence-corrected chi connectivity index (χ2v) is 5.11. The van der Waals surface area contributed by atoms with E-state index in [2.05, 4.69) is 25.7 Å². The van der Waals surface area contributed by atoms with Gasteiger partial charge in [0.2, 0.25) is 0 Å². The molecule has 2 aromatic heterocycles. The zero-order valence-corrected chi connectivity index (χ0v) is 13.6. The predicted octanol–water partition coefficient (Wildman–Crippen LogP) is 2.63. The van der Waals surface area contributed by atoms with Crippen molar-refractivity contribution in [3.63, 3.8) is 0 Å². The van der Waals surface area contributed by atoms with Gasteiger partial charge in [0, 0.05) is 23.5 Å². The summed E-state index contributed by atoms with van der Waals surface area (Å²) in [4.78, 5) is 16.1. The Bertz CT molecular complexity index is 857. The first-order valence-electron chi connectivity index (χ1n) is 7.78. The highest BCUT2D eigenvalue weighted by molar-refractivity contribution is 5.94. The van der Waals surface area contributed by atoms with Crippen molar-refractivity contribution in [1.82, 2.24) is 20.6 Å². The largest absolute Gasteiger partial charge is 0.494 e. The van der Waals surface area contributed by atoms with Crippen LogP contribution in [0.25, 0.3) is 11.3 Å². The lowest BCUT2D eigenvalue weighted by molar-refractivity contribution is 0.0950. The Kier molecular flexibility index (Phi) is 5.16. The topological polar surface area (TPSA) is 92.3 Å². The van der Waals surface area contributed by atoms with Crippen molar-refractivity contribution in [3.8, 4) is 17.0 Å². The Labute approximate surface area is 144 Å². The van der Waals surface area contributed by atoms with Gasteiger partial charge in [0.15, 0.2) is 0 Å². The van der Waals surface area contributed by atoms with Gasteiger partial charge in [-0.3, -0.25) is 14.9 Å². The lowest BCUT2D eigenvalue weighted by Gasteiger charge is -2.02. The fourth-order valence-electron chi connectivity index (χ4n) is 2.15. The molecule has 0 spiro atoms. The molecule has 2 N–H and O–H groups in total. The minimum Gasteiger partial charge on any atom is -0.494 e. The Hall–Kier alpha value is -3.48. The number of carbonyl (C=O) groups excluding carboxylic acids is 1. The molecule has 0 aliphatic heterocycles. The van der Waals surface area contributed by atoms with Gasteiger partial charge in [-0.25, -0.2) is 5.43 Å². The molecule has 0 aliphatic carbocycles. The summed E-state index contributed by atoms with van der Waals surface area (Å²) in [6.07, 6.45) is 4.84. The molecule has 3 rings (SSSR count). The van der Waals surface area contributed by atoms with E-state index in [1.807, 2.05) is 37.3 Å². The number of nitrogens with one attached hydrogen (secondary N) is 2. The summed E-state index contributed by atoms with van der Waals surface area (Å²) < 4.78 is 5.41. The number of H-pyrrole nitrogens is 1. The van der Waals surface area contributed by atoms with Gasteiger partial charge in [-0.2, -0.15) is 10.2 Å². The number of ether oxygens (including phenoxy) is 1. The number of nitrogens with zero attached hydrogens (tertiary/aromatic N) is 3. The van der Waals surface area contributed by atoms with Crippen molar-refractivity contribution in [1.29, 1.82) is 0 Å². The Morgan fingerprint density at radius 3 is 2.88 bits per heavy atom. The molecule has 126 valence electrons. The minimum atomic E-state index is -0.371. The molecule has 0 unspecified atom stereocenters. The lowest BCUT2D eigenvalue weighted by atomic mass is 10.1. The summed E-state index contributed by atoms with van der Waals surface area (Å²) in [7, 11) is 0. The zero-order chi connectivity index (χ0) is 17.5. The number of hydrazone groups is 1. The molecule has 3 aromatic rings. The van der Waals surface area contributed by atoms with Crippen LogP contribution in [0.15, 0.2) is 60.0 Å². The minimum absolute atomic E-state index is 0.326. The van der Waals surface area contributed by atoms with Gasteiger partial charge < -0.3 is 4.74 Å². The molecule has 0 aliphatic rings. The Balaban J connectivity index is 1.64. The summed E-state index contributed by atoms with van der Waals surface area (Å²) >= 11 is 0. The molecular formula is C18H17N5O2. The molecule has 2 heterocycles. The van der Waals surface area contributed by atoms with Crippen LogP contribution in [0.1, 0.15) is 23.0 Å². The third-order valence-corrected chi connectivity index (χ3v) is 3.35. The molecule has 0 fully saturated rings. The summed E-state index contributed by atoms with van der Waals surface area (Å²) in [5.74, 6) is 0.425. The van der Waals surface area contributed by atoms with Gasteiger partial charge in [0.05, 0.1) is 18.5 Å². The van der Waals surface area contributed by atoms with E-state index >= 15 is 0 Å². The molecule has 1 aromatic carbocycles. The first-order valence-corrected chi connectivity index (χ1v) is 7.78.